The van der Waals surface area contributed by atoms with Crippen LogP contribution in [0.25, 0.3) is 0 Å². The van der Waals surface area contributed by atoms with E-state index >= 15 is 0 Å². The maximum atomic E-state index is 9.19. The molecule has 0 bridgehead atoms. The number of aromatic hydroxyl groups is 1. The van der Waals surface area contributed by atoms with E-state index in [1.54, 1.807) is 12.1 Å². The van der Waals surface area contributed by atoms with Gasteiger partial charge in [0.25, 0.3) is 0 Å². The molecule has 13 heavy (non-hydrogen) atoms. The number of phenolic OH excluding ortho intramolecular Hbond substituents is 1. The summed E-state index contributed by atoms with van der Waals surface area (Å²) < 4.78 is 0. The molecule has 0 aliphatic heterocycles. The molecule has 3 heteroatoms. The number of hydrogen-bond acceptors (Lipinski definition) is 2. The normalized spacial score (nSPS) is 8.31. The van der Waals surface area contributed by atoms with Gasteiger partial charge in [0.2, 0.25) is 0 Å². The number of hydrogen-bond donors (Lipinski definition) is 1. The Labute approximate surface area is 81.4 Å². The lowest BCUT2D eigenvalue weighted by molar-refractivity contribution is 0.475. The van der Waals surface area contributed by atoms with E-state index in [4.69, 9.17) is 16.9 Å². The summed E-state index contributed by atoms with van der Waals surface area (Å²) in [5.74, 6) is 5.36. The number of phenols is 1. The van der Waals surface area contributed by atoms with Crippen LogP contribution < -0.4 is 0 Å². The molecule has 0 aliphatic carbocycles. The molecule has 1 rings (SSSR count). The summed E-state index contributed by atoms with van der Waals surface area (Å²) in [6.07, 6.45) is 0.184. The summed E-state index contributed by atoms with van der Waals surface area (Å²) in [6, 6.07) is 6.62. The van der Waals surface area contributed by atoms with E-state index in [2.05, 4.69) is 11.8 Å². The Morgan fingerprint density at radius 3 is 2.85 bits per heavy atom. The van der Waals surface area contributed by atoms with E-state index in [9.17, 15) is 5.11 Å². The van der Waals surface area contributed by atoms with Crippen molar-refractivity contribution < 1.29 is 5.11 Å². The van der Waals surface area contributed by atoms with E-state index in [0.29, 0.717) is 10.6 Å². The molecule has 1 aromatic carbocycles. The van der Waals surface area contributed by atoms with Gasteiger partial charge in [0.1, 0.15) is 5.75 Å². The number of benzene rings is 1. The van der Waals surface area contributed by atoms with Gasteiger partial charge in [-0.05, 0) is 18.2 Å². The van der Waals surface area contributed by atoms with E-state index in [1.807, 2.05) is 6.07 Å². The predicted molar refractivity (Wildman–Crippen MR) is 50.2 cm³/mol. The van der Waals surface area contributed by atoms with Crippen molar-refractivity contribution >= 4 is 11.6 Å². The highest BCUT2D eigenvalue weighted by Gasteiger charge is 1.96. The SMILES string of the molecule is N#CCC#Cc1ccc(Cl)c(O)c1. The summed E-state index contributed by atoms with van der Waals surface area (Å²) in [6.45, 7) is 0. The zero-order valence-corrected chi connectivity index (χ0v) is 7.47. The van der Waals surface area contributed by atoms with Gasteiger partial charge in [-0.1, -0.05) is 23.4 Å². The number of halogens is 1. The zero-order valence-electron chi connectivity index (χ0n) is 6.71. The first-order valence-corrected chi connectivity index (χ1v) is 3.96. The highest BCUT2D eigenvalue weighted by Crippen LogP contribution is 2.22. The van der Waals surface area contributed by atoms with Gasteiger partial charge >= 0.3 is 0 Å². The smallest absolute Gasteiger partial charge is 0.135 e. The van der Waals surface area contributed by atoms with Crippen molar-refractivity contribution in [3.8, 4) is 23.7 Å². The van der Waals surface area contributed by atoms with Crippen LogP contribution in [0.4, 0.5) is 0 Å². The Morgan fingerprint density at radius 1 is 1.46 bits per heavy atom. The molecule has 0 unspecified atom stereocenters. The van der Waals surface area contributed by atoms with E-state index < -0.39 is 0 Å². The van der Waals surface area contributed by atoms with E-state index in [1.165, 1.54) is 6.07 Å². The van der Waals surface area contributed by atoms with Gasteiger partial charge in [-0.3, -0.25) is 0 Å². The van der Waals surface area contributed by atoms with Gasteiger partial charge < -0.3 is 5.11 Å². The number of rotatable bonds is 0. The van der Waals surface area contributed by atoms with E-state index in [-0.39, 0.29) is 12.2 Å². The van der Waals surface area contributed by atoms with Crippen LogP contribution in [0.3, 0.4) is 0 Å². The van der Waals surface area contributed by atoms with Crippen LogP contribution >= 0.6 is 11.6 Å². The first-order chi connectivity index (χ1) is 6.24. The Kier molecular flexibility index (Phi) is 3.20. The van der Waals surface area contributed by atoms with Crippen molar-refractivity contribution in [3.63, 3.8) is 0 Å². The molecule has 0 spiro atoms. The summed E-state index contributed by atoms with van der Waals surface area (Å²) in [5, 5.41) is 17.7. The van der Waals surface area contributed by atoms with Crippen LogP contribution in [0.1, 0.15) is 12.0 Å². The van der Waals surface area contributed by atoms with E-state index in [0.717, 1.165) is 0 Å². The lowest BCUT2D eigenvalue weighted by atomic mass is 10.2. The topological polar surface area (TPSA) is 44.0 Å². The van der Waals surface area contributed by atoms with Gasteiger partial charge in [0.15, 0.2) is 0 Å². The quantitative estimate of drug-likeness (QED) is 0.640. The highest BCUT2D eigenvalue weighted by atomic mass is 35.5. The van der Waals surface area contributed by atoms with Crippen LogP contribution in [-0.4, -0.2) is 5.11 Å². The van der Waals surface area contributed by atoms with Gasteiger partial charge in [0.05, 0.1) is 17.5 Å². The van der Waals surface area contributed by atoms with Crippen molar-refractivity contribution in [2.24, 2.45) is 0 Å². The fourth-order valence-corrected chi connectivity index (χ4v) is 0.894. The Hall–Kier alpha value is -1.64. The van der Waals surface area contributed by atoms with Crippen molar-refractivity contribution in [2.75, 3.05) is 0 Å². The molecular formula is C10H6ClNO. The maximum absolute atomic E-state index is 9.19. The van der Waals surface area contributed by atoms with Crippen molar-refractivity contribution in [1.29, 1.82) is 5.26 Å². The second kappa shape index (κ2) is 4.40. The van der Waals surface area contributed by atoms with Crippen LogP contribution in [0, 0.1) is 23.2 Å². The first-order valence-electron chi connectivity index (χ1n) is 3.58. The monoisotopic (exact) mass is 191 g/mol. The minimum atomic E-state index is 0.00502. The molecule has 1 N–H and O–H groups in total. The molecule has 1 aromatic rings. The van der Waals surface area contributed by atoms with Crippen molar-refractivity contribution in [2.45, 2.75) is 6.42 Å². The minimum absolute atomic E-state index is 0.00502. The molecule has 0 aliphatic rings. The van der Waals surface area contributed by atoms with Gasteiger partial charge in [-0.2, -0.15) is 5.26 Å². The largest absolute Gasteiger partial charge is 0.506 e. The number of nitriles is 1. The molecule has 0 saturated carbocycles. The maximum Gasteiger partial charge on any atom is 0.135 e. The standard InChI is InChI=1S/C10H6ClNO/c11-9-5-4-8(7-10(9)13)3-1-2-6-12/h4-5,7,13H,2H2. The van der Waals surface area contributed by atoms with Gasteiger partial charge in [-0.15, -0.1) is 0 Å². The summed E-state index contributed by atoms with van der Waals surface area (Å²) >= 11 is 5.59. The predicted octanol–water partition coefficient (Wildman–Crippen LogP) is 2.31. The Morgan fingerprint density at radius 2 is 2.23 bits per heavy atom. The molecule has 0 amide bonds. The fraction of sp³-hybridized carbons (Fsp3) is 0.100. The Balaban J connectivity index is 2.89. The minimum Gasteiger partial charge on any atom is -0.506 e. The summed E-state index contributed by atoms with van der Waals surface area (Å²) in [5.41, 5.74) is 0.650. The van der Waals surface area contributed by atoms with Crippen LogP contribution in [0.5, 0.6) is 5.75 Å². The van der Waals surface area contributed by atoms with Crippen molar-refractivity contribution in [1.82, 2.24) is 0 Å². The van der Waals surface area contributed by atoms with Crippen molar-refractivity contribution in [3.05, 3.63) is 28.8 Å². The van der Waals surface area contributed by atoms with Crippen LogP contribution in [0.2, 0.25) is 5.02 Å². The molecule has 0 atom stereocenters. The van der Waals surface area contributed by atoms with Crippen LogP contribution in [0.15, 0.2) is 18.2 Å². The lowest BCUT2D eigenvalue weighted by Crippen LogP contribution is -1.74. The average Bonchev–Trinajstić information content (AvgIpc) is 2.12. The molecule has 2 nitrogen and oxygen atoms in total. The molecule has 0 fully saturated rings. The first kappa shape index (κ1) is 9.45. The third kappa shape index (κ3) is 2.71. The molecule has 0 heterocycles. The summed E-state index contributed by atoms with van der Waals surface area (Å²) in [4.78, 5) is 0. The molecular weight excluding hydrogens is 186 g/mol. The highest BCUT2D eigenvalue weighted by molar-refractivity contribution is 6.32. The Bertz CT molecular complexity index is 409. The molecule has 0 radical (unpaired) electrons. The third-order valence-electron chi connectivity index (χ3n) is 1.35. The third-order valence-corrected chi connectivity index (χ3v) is 1.67. The van der Waals surface area contributed by atoms with Crippen LogP contribution in [-0.2, 0) is 0 Å². The average molecular weight is 192 g/mol. The summed E-state index contributed by atoms with van der Waals surface area (Å²) in [7, 11) is 0. The van der Waals surface area contributed by atoms with Gasteiger partial charge in [0, 0.05) is 5.56 Å². The molecule has 0 aromatic heterocycles. The van der Waals surface area contributed by atoms with Gasteiger partial charge in [-0.25, -0.2) is 0 Å². The number of nitrogens with zero attached hydrogens (tertiary/aromatic N) is 1. The fourth-order valence-electron chi connectivity index (χ4n) is 0.776. The zero-order chi connectivity index (χ0) is 9.68. The lowest BCUT2D eigenvalue weighted by Gasteiger charge is -1.95. The molecule has 0 saturated heterocycles. The second-order valence-electron chi connectivity index (χ2n) is 2.30. The molecule has 64 valence electrons. The second-order valence-corrected chi connectivity index (χ2v) is 2.71.